The van der Waals surface area contributed by atoms with E-state index in [2.05, 4.69) is 10.3 Å². The monoisotopic (exact) mass is 417 g/mol. The standard InChI is InChI=1S/C20H20FN3O4S/c1-28-12-11-24(14-20(25)23-17-7-5-16(21)6-8-17)29(26,27)19-4-2-3-15-13-22-10-9-18(15)19/h2-10,13H,11-12,14H2,1H3,(H,23,25). The topological polar surface area (TPSA) is 88.6 Å². The molecule has 3 rings (SSSR count). The first-order valence-electron chi connectivity index (χ1n) is 8.79. The summed E-state index contributed by atoms with van der Waals surface area (Å²) in [6, 6.07) is 11.7. The molecule has 0 aliphatic carbocycles. The molecule has 1 heterocycles. The second kappa shape index (κ2) is 9.08. The highest BCUT2D eigenvalue weighted by Gasteiger charge is 2.28. The molecule has 0 atom stereocenters. The summed E-state index contributed by atoms with van der Waals surface area (Å²) in [6.45, 7) is -0.295. The van der Waals surface area contributed by atoms with Crippen LogP contribution in [0.4, 0.5) is 10.1 Å². The Morgan fingerprint density at radius 2 is 1.93 bits per heavy atom. The van der Waals surface area contributed by atoms with Gasteiger partial charge in [-0.05, 0) is 36.4 Å². The van der Waals surface area contributed by atoms with Gasteiger partial charge in [0, 0.05) is 42.5 Å². The van der Waals surface area contributed by atoms with Gasteiger partial charge in [0.15, 0.2) is 0 Å². The van der Waals surface area contributed by atoms with E-state index in [1.54, 1.807) is 24.4 Å². The Morgan fingerprint density at radius 1 is 1.17 bits per heavy atom. The van der Waals surface area contributed by atoms with Crippen LogP contribution in [0.5, 0.6) is 0 Å². The van der Waals surface area contributed by atoms with Crippen molar-refractivity contribution in [2.75, 3.05) is 32.1 Å². The predicted molar refractivity (Wildman–Crippen MR) is 107 cm³/mol. The first kappa shape index (κ1) is 20.8. The normalized spacial score (nSPS) is 11.7. The van der Waals surface area contributed by atoms with E-state index >= 15 is 0 Å². The molecular weight excluding hydrogens is 397 g/mol. The van der Waals surface area contributed by atoms with Crippen molar-refractivity contribution in [3.8, 4) is 0 Å². The Morgan fingerprint density at radius 3 is 2.66 bits per heavy atom. The number of rotatable bonds is 8. The van der Waals surface area contributed by atoms with Crippen molar-refractivity contribution in [1.82, 2.24) is 9.29 Å². The van der Waals surface area contributed by atoms with E-state index in [-0.39, 0.29) is 18.0 Å². The van der Waals surface area contributed by atoms with Crippen molar-refractivity contribution in [3.05, 3.63) is 66.7 Å². The molecule has 3 aromatic rings. The molecule has 0 aliphatic heterocycles. The Labute approximate surface area is 168 Å². The number of carbonyl (C=O) groups is 1. The van der Waals surface area contributed by atoms with Crippen LogP contribution < -0.4 is 5.32 Å². The molecule has 0 fully saturated rings. The van der Waals surface area contributed by atoms with Crippen LogP contribution in [0.1, 0.15) is 0 Å². The zero-order valence-electron chi connectivity index (χ0n) is 15.7. The fraction of sp³-hybridized carbons (Fsp3) is 0.200. The zero-order chi connectivity index (χ0) is 20.9. The number of fused-ring (bicyclic) bond motifs is 1. The average Bonchev–Trinajstić information content (AvgIpc) is 2.72. The summed E-state index contributed by atoms with van der Waals surface area (Å²) in [6.07, 6.45) is 3.09. The second-order valence-corrected chi connectivity index (χ2v) is 8.15. The molecule has 1 aromatic heterocycles. The molecule has 1 N–H and O–H groups in total. The van der Waals surface area contributed by atoms with Gasteiger partial charge in [-0.3, -0.25) is 9.78 Å². The van der Waals surface area contributed by atoms with Crippen molar-refractivity contribution < 1.29 is 22.3 Å². The van der Waals surface area contributed by atoms with Crippen molar-refractivity contribution in [3.63, 3.8) is 0 Å². The third-order valence-corrected chi connectivity index (χ3v) is 6.15. The van der Waals surface area contributed by atoms with Gasteiger partial charge in [-0.15, -0.1) is 0 Å². The number of pyridine rings is 1. The number of halogens is 1. The van der Waals surface area contributed by atoms with Crippen molar-refractivity contribution in [1.29, 1.82) is 0 Å². The third-order valence-electron chi connectivity index (χ3n) is 4.25. The van der Waals surface area contributed by atoms with Crippen molar-refractivity contribution >= 4 is 32.4 Å². The quantitative estimate of drug-likeness (QED) is 0.609. The lowest BCUT2D eigenvalue weighted by Crippen LogP contribution is -2.40. The second-order valence-electron chi connectivity index (χ2n) is 6.24. The summed E-state index contributed by atoms with van der Waals surface area (Å²) in [5, 5.41) is 3.77. The van der Waals surface area contributed by atoms with Gasteiger partial charge in [-0.1, -0.05) is 12.1 Å². The number of carbonyl (C=O) groups excluding carboxylic acids is 1. The molecule has 0 saturated carbocycles. The van der Waals surface area contributed by atoms with E-state index in [0.717, 1.165) is 4.31 Å². The minimum absolute atomic E-state index is 0.00283. The Balaban J connectivity index is 1.88. The van der Waals surface area contributed by atoms with Crippen LogP contribution in [-0.4, -0.2) is 50.4 Å². The van der Waals surface area contributed by atoms with Gasteiger partial charge >= 0.3 is 0 Å². The lowest BCUT2D eigenvalue weighted by atomic mass is 10.2. The van der Waals surface area contributed by atoms with E-state index in [9.17, 15) is 17.6 Å². The van der Waals surface area contributed by atoms with Gasteiger partial charge in [-0.25, -0.2) is 12.8 Å². The largest absolute Gasteiger partial charge is 0.383 e. The lowest BCUT2D eigenvalue weighted by molar-refractivity contribution is -0.116. The van der Waals surface area contributed by atoms with Gasteiger partial charge in [0.2, 0.25) is 15.9 Å². The van der Waals surface area contributed by atoms with Crippen LogP contribution >= 0.6 is 0 Å². The van der Waals surface area contributed by atoms with E-state index in [1.165, 1.54) is 43.6 Å². The number of hydrogen-bond donors (Lipinski definition) is 1. The molecule has 1 amide bonds. The minimum atomic E-state index is -3.99. The molecule has 7 nitrogen and oxygen atoms in total. The summed E-state index contributed by atoms with van der Waals surface area (Å²) >= 11 is 0. The minimum Gasteiger partial charge on any atom is -0.383 e. The number of aromatic nitrogens is 1. The predicted octanol–water partition coefficient (Wildman–Crippen LogP) is 2.65. The number of hydrogen-bond acceptors (Lipinski definition) is 5. The van der Waals surface area contributed by atoms with Gasteiger partial charge in [0.1, 0.15) is 5.82 Å². The fourth-order valence-electron chi connectivity index (χ4n) is 2.83. The maximum absolute atomic E-state index is 13.3. The number of methoxy groups -OCH3 is 1. The van der Waals surface area contributed by atoms with Crippen LogP contribution in [0.15, 0.2) is 65.8 Å². The highest BCUT2D eigenvalue weighted by molar-refractivity contribution is 7.89. The van der Waals surface area contributed by atoms with Crippen LogP contribution in [-0.2, 0) is 19.6 Å². The van der Waals surface area contributed by atoms with E-state index in [4.69, 9.17) is 4.74 Å². The molecule has 0 unspecified atom stereocenters. The number of amides is 1. The maximum Gasteiger partial charge on any atom is 0.244 e. The molecule has 0 radical (unpaired) electrons. The molecule has 0 aliphatic rings. The summed E-state index contributed by atoms with van der Waals surface area (Å²) in [5.41, 5.74) is 0.372. The number of ether oxygens (including phenoxy) is 1. The third kappa shape index (κ3) is 4.94. The van der Waals surface area contributed by atoms with Crippen LogP contribution in [0, 0.1) is 5.82 Å². The van der Waals surface area contributed by atoms with Crippen LogP contribution in [0.2, 0.25) is 0 Å². The maximum atomic E-state index is 13.3. The number of sulfonamides is 1. The van der Waals surface area contributed by atoms with Gasteiger partial charge in [-0.2, -0.15) is 4.31 Å². The number of nitrogens with one attached hydrogen (secondary N) is 1. The molecule has 152 valence electrons. The van der Waals surface area contributed by atoms with Gasteiger partial charge < -0.3 is 10.1 Å². The molecule has 0 saturated heterocycles. The SMILES string of the molecule is COCCN(CC(=O)Nc1ccc(F)cc1)S(=O)(=O)c1cccc2cnccc12. The number of benzene rings is 2. The highest BCUT2D eigenvalue weighted by atomic mass is 32.2. The van der Waals surface area contributed by atoms with Crippen LogP contribution in [0.3, 0.4) is 0 Å². The lowest BCUT2D eigenvalue weighted by Gasteiger charge is -2.22. The summed E-state index contributed by atoms with van der Waals surface area (Å²) in [5.74, 6) is -0.976. The highest BCUT2D eigenvalue weighted by Crippen LogP contribution is 2.25. The van der Waals surface area contributed by atoms with Gasteiger partial charge in [0.05, 0.1) is 18.0 Å². The molecule has 0 spiro atoms. The molecule has 2 aromatic carbocycles. The molecule has 0 bridgehead atoms. The first-order chi connectivity index (χ1) is 13.9. The number of anilines is 1. The number of nitrogens with zero attached hydrogens (tertiary/aromatic N) is 2. The summed E-state index contributed by atoms with van der Waals surface area (Å²) < 4.78 is 45.7. The summed E-state index contributed by atoms with van der Waals surface area (Å²) in [4.78, 5) is 16.5. The molecular formula is C20H20FN3O4S. The zero-order valence-corrected chi connectivity index (χ0v) is 16.5. The van der Waals surface area contributed by atoms with E-state index in [0.29, 0.717) is 16.5 Å². The van der Waals surface area contributed by atoms with Crippen molar-refractivity contribution in [2.45, 2.75) is 4.90 Å². The van der Waals surface area contributed by atoms with Crippen LogP contribution in [0.25, 0.3) is 10.8 Å². The fourth-order valence-corrected chi connectivity index (χ4v) is 4.42. The van der Waals surface area contributed by atoms with E-state index < -0.39 is 28.3 Å². The molecule has 9 heteroatoms. The Hall–Kier alpha value is -2.88. The van der Waals surface area contributed by atoms with Crippen molar-refractivity contribution in [2.24, 2.45) is 0 Å². The Bertz CT molecular complexity index is 1100. The average molecular weight is 417 g/mol. The smallest absolute Gasteiger partial charge is 0.244 e. The Kier molecular flexibility index (Phi) is 6.53. The summed E-state index contributed by atoms with van der Waals surface area (Å²) in [7, 11) is -2.54. The first-order valence-corrected chi connectivity index (χ1v) is 10.2. The van der Waals surface area contributed by atoms with E-state index in [1.807, 2.05) is 0 Å². The van der Waals surface area contributed by atoms with Gasteiger partial charge in [0.25, 0.3) is 0 Å². The molecule has 29 heavy (non-hydrogen) atoms.